The number of para-hydroxylation sites is 1. The van der Waals surface area contributed by atoms with E-state index in [-0.39, 0.29) is 17.5 Å². The number of carbonyl (C=O) groups is 2. The number of carbonyl (C=O) groups excluding carboxylic acids is 2. The lowest BCUT2D eigenvalue weighted by molar-refractivity contribution is 0.0383. The minimum absolute atomic E-state index is 0.206. The molecule has 7 nitrogen and oxygen atoms in total. The van der Waals surface area contributed by atoms with Crippen LogP contribution in [0.25, 0.3) is 0 Å². The molecule has 1 N–H and O–H groups in total. The number of nitrogens with zero attached hydrogens (tertiary/aromatic N) is 3. The molecule has 2 heterocycles. The molecule has 1 aromatic carbocycles. The topological polar surface area (TPSA) is 74.8 Å². The Hall–Kier alpha value is -2.77. The van der Waals surface area contributed by atoms with Crippen molar-refractivity contribution < 1.29 is 14.3 Å². The van der Waals surface area contributed by atoms with E-state index in [2.05, 4.69) is 15.2 Å². The van der Waals surface area contributed by atoms with Crippen molar-refractivity contribution in [1.82, 2.24) is 15.2 Å². The fourth-order valence-electron chi connectivity index (χ4n) is 2.88. The van der Waals surface area contributed by atoms with Crippen LogP contribution in [0.3, 0.4) is 0 Å². The van der Waals surface area contributed by atoms with E-state index in [9.17, 15) is 9.59 Å². The lowest BCUT2D eigenvalue weighted by Gasteiger charge is -2.26. The number of amides is 2. The Morgan fingerprint density at radius 2 is 1.93 bits per heavy atom. The summed E-state index contributed by atoms with van der Waals surface area (Å²) in [5, 5.41) is 2.90. The third kappa shape index (κ3) is 5.12. The highest BCUT2D eigenvalue weighted by atomic mass is 16.5. The smallest absolute Gasteiger partial charge is 0.276 e. The number of anilines is 1. The van der Waals surface area contributed by atoms with Crippen LogP contribution in [0.1, 0.15) is 20.8 Å². The van der Waals surface area contributed by atoms with Gasteiger partial charge in [-0.2, -0.15) is 0 Å². The molecule has 0 radical (unpaired) electrons. The first-order chi connectivity index (χ1) is 13.1. The number of rotatable bonds is 6. The van der Waals surface area contributed by atoms with Crippen molar-refractivity contribution in [2.45, 2.75) is 0 Å². The van der Waals surface area contributed by atoms with Gasteiger partial charge < -0.3 is 15.0 Å². The maximum Gasteiger partial charge on any atom is 0.276 e. The van der Waals surface area contributed by atoms with E-state index in [1.54, 1.807) is 13.1 Å². The normalized spacial score (nSPS) is 14.6. The van der Waals surface area contributed by atoms with E-state index in [1.807, 2.05) is 30.3 Å². The second-order valence-electron chi connectivity index (χ2n) is 6.34. The largest absolute Gasteiger partial charge is 0.379 e. The van der Waals surface area contributed by atoms with E-state index >= 15 is 0 Å². The summed E-state index contributed by atoms with van der Waals surface area (Å²) in [6.07, 6.45) is 1.49. The zero-order valence-electron chi connectivity index (χ0n) is 15.4. The molecular weight excluding hydrogens is 344 g/mol. The summed E-state index contributed by atoms with van der Waals surface area (Å²) >= 11 is 0. The molecule has 0 aliphatic carbocycles. The predicted octanol–water partition coefficient (Wildman–Crippen LogP) is 1.42. The maximum absolute atomic E-state index is 12.7. The van der Waals surface area contributed by atoms with Crippen molar-refractivity contribution in [1.29, 1.82) is 0 Å². The highest BCUT2D eigenvalue weighted by Crippen LogP contribution is 2.14. The van der Waals surface area contributed by atoms with Gasteiger partial charge in [-0.05, 0) is 24.3 Å². The van der Waals surface area contributed by atoms with E-state index in [0.29, 0.717) is 12.1 Å². The van der Waals surface area contributed by atoms with E-state index in [0.717, 1.165) is 38.5 Å². The molecule has 142 valence electrons. The summed E-state index contributed by atoms with van der Waals surface area (Å²) in [4.78, 5) is 32.9. The van der Waals surface area contributed by atoms with Crippen molar-refractivity contribution in [3.8, 4) is 0 Å². The Kier molecular flexibility index (Phi) is 6.51. The monoisotopic (exact) mass is 368 g/mol. The molecule has 0 spiro atoms. The van der Waals surface area contributed by atoms with Crippen LogP contribution in [0, 0.1) is 0 Å². The molecule has 7 heteroatoms. The Bertz CT molecular complexity index is 776. The van der Waals surface area contributed by atoms with Crippen molar-refractivity contribution in [2.75, 3.05) is 51.3 Å². The molecule has 3 rings (SSSR count). The number of morpholine rings is 1. The molecule has 0 bridgehead atoms. The molecule has 1 aromatic heterocycles. The molecular formula is C20H24N4O3. The van der Waals surface area contributed by atoms with Crippen LogP contribution in [0.4, 0.5) is 5.69 Å². The van der Waals surface area contributed by atoms with Gasteiger partial charge in [0.05, 0.1) is 13.2 Å². The molecule has 0 unspecified atom stereocenters. The third-order valence-electron chi connectivity index (χ3n) is 4.51. The van der Waals surface area contributed by atoms with Crippen molar-refractivity contribution in [2.24, 2.45) is 0 Å². The average Bonchev–Trinajstić information content (AvgIpc) is 2.74. The summed E-state index contributed by atoms with van der Waals surface area (Å²) in [6.45, 7) is 4.57. The standard InChI is InChI=1S/C20H24N4O3/c1-23(17-5-3-2-4-6-17)20(26)18-15-16(7-8-21-18)19(25)22-9-10-24-11-13-27-14-12-24/h2-8,15H,9-14H2,1H3,(H,22,25). The SMILES string of the molecule is CN(C(=O)c1cc(C(=O)NCCN2CCOCC2)ccn1)c1ccccc1. The summed E-state index contributed by atoms with van der Waals surface area (Å²) < 4.78 is 5.31. The fourth-order valence-corrected chi connectivity index (χ4v) is 2.88. The van der Waals surface area contributed by atoms with Crippen LogP contribution < -0.4 is 10.2 Å². The second kappa shape index (κ2) is 9.25. The lowest BCUT2D eigenvalue weighted by Crippen LogP contribution is -2.41. The Morgan fingerprint density at radius 3 is 2.67 bits per heavy atom. The predicted molar refractivity (Wildman–Crippen MR) is 103 cm³/mol. The van der Waals surface area contributed by atoms with Crippen LogP contribution in [-0.2, 0) is 4.74 Å². The van der Waals surface area contributed by atoms with Crippen LogP contribution in [-0.4, -0.2) is 68.1 Å². The van der Waals surface area contributed by atoms with Crippen molar-refractivity contribution in [3.05, 3.63) is 59.9 Å². The Balaban J connectivity index is 1.59. The van der Waals surface area contributed by atoms with Gasteiger partial charge in [0, 0.05) is 50.7 Å². The first-order valence-electron chi connectivity index (χ1n) is 9.02. The fraction of sp³-hybridized carbons (Fsp3) is 0.350. The van der Waals surface area contributed by atoms with Gasteiger partial charge in [0.1, 0.15) is 5.69 Å². The molecule has 2 aromatic rings. The van der Waals surface area contributed by atoms with Crippen LogP contribution in [0.5, 0.6) is 0 Å². The number of hydrogen-bond acceptors (Lipinski definition) is 5. The molecule has 27 heavy (non-hydrogen) atoms. The molecule has 1 aliphatic rings. The van der Waals surface area contributed by atoms with Crippen LogP contribution in [0.2, 0.25) is 0 Å². The first kappa shape index (κ1) is 19.0. The van der Waals surface area contributed by atoms with E-state index in [1.165, 1.54) is 17.2 Å². The highest BCUT2D eigenvalue weighted by molar-refractivity contribution is 6.06. The number of benzene rings is 1. The van der Waals surface area contributed by atoms with Gasteiger partial charge >= 0.3 is 0 Å². The minimum atomic E-state index is -0.260. The van der Waals surface area contributed by atoms with Gasteiger partial charge in [-0.25, -0.2) is 0 Å². The number of nitrogens with one attached hydrogen (secondary N) is 1. The number of aromatic nitrogens is 1. The van der Waals surface area contributed by atoms with Gasteiger partial charge in [-0.1, -0.05) is 18.2 Å². The molecule has 1 aliphatic heterocycles. The third-order valence-corrected chi connectivity index (χ3v) is 4.51. The summed E-state index contributed by atoms with van der Waals surface area (Å²) in [5.74, 6) is -0.466. The number of hydrogen-bond donors (Lipinski definition) is 1. The Labute approximate surface area is 158 Å². The maximum atomic E-state index is 12.7. The van der Waals surface area contributed by atoms with Gasteiger partial charge in [0.2, 0.25) is 0 Å². The zero-order valence-corrected chi connectivity index (χ0v) is 15.4. The zero-order chi connectivity index (χ0) is 19.1. The Morgan fingerprint density at radius 1 is 1.19 bits per heavy atom. The van der Waals surface area contributed by atoms with Gasteiger partial charge in [0.15, 0.2) is 0 Å². The lowest BCUT2D eigenvalue weighted by atomic mass is 10.2. The van der Waals surface area contributed by atoms with Crippen molar-refractivity contribution >= 4 is 17.5 Å². The quantitative estimate of drug-likeness (QED) is 0.835. The minimum Gasteiger partial charge on any atom is -0.379 e. The van der Waals surface area contributed by atoms with Gasteiger partial charge in [-0.3, -0.25) is 19.5 Å². The van der Waals surface area contributed by atoms with E-state index in [4.69, 9.17) is 4.74 Å². The molecule has 1 fully saturated rings. The van der Waals surface area contributed by atoms with Crippen LogP contribution in [0.15, 0.2) is 48.7 Å². The average molecular weight is 368 g/mol. The molecule has 0 saturated carbocycles. The molecule has 1 saturated heterocycles. The van der Waals surface area contributed by atoms with Crippen molar-refractivity contribution in [3.63, 3.8) is 0 Å². The first-order valence-corrected chi connectivity index (χ1v) is 9.02. The molecule has 2 amide bonds. The van der Waals surface area contributed by atoms with E-state index < -0.39 is 0 Å². The highest BCUT2D eigenvalue weighted by Gasteiger charge is 2.17. The number of pyridine rings is 1. The van der Waals surface area contributed by atoms with Gasteiger partial charge in [-0.15, -0.1) is 0 Å². The second-order valence-corrected chi connectivity index (χ2v) is 6.34. The summed E-state index contributed by atoms with van der Waals surface area (Å²) in [6, 6.07) is 12.5. The van der Waals surface area contributed by atoms with Crippen LogP contribution >= 0.6 is 0 Å². The summed E-state index contributed by atoms with van der Waals surface area (Å²) in [5.41, 5.74) is 1.43. The number of ether oxygens (including phenoxy) is 1. The molecule has 0 atom stereocenters. The van der Waals surface area contributed by atoms with Gasteiger partial charge in [0.25, 0.3) is 11.8 Å². The summed E-state index contributed by atoms with van der Waals surface area (Å²) in [7, 11) is 1.69.